The van der Waals surface area contributed by atoms with Crippen LogP contribution < -0.4 is 0 Å². The van der Waals surface area contributed by atoms with Crippen LogP contribution in [0.15, 0.2) is 30.5 Å². The summed E-state index contributed by atoms with van der Waals surface area (Å²) in [4.78, 5) is 14.8. The maximum atomic E-state index is 10.7. The summed E-state index contributed by atoms with van der Waals surface area (Å²) in [6, 6.07) is 7.64. The highest BCUT2D eigenvalue weighted by Crippen LogP contribution is 2.16. The van der Waals surface area contributed by atoms with Crippen LogP contribution in [0, 0.1) is 6.92 Å². The second kappa shape index (κ2) is 2.98. The van der Waals surface area contributed by atoms with E-state index in [1.54, 1.807) is 12.3 Å². The van der Waals surface area contributed by atoms with E-state index in [1.165, 1.54) is 0 Å². The molecule has 0 atom stereocenters. The molecular weight excluding hydrogens is 162 g/mol. The third kappa shape index (κ3) is 1.31. The molecule has 0 aliphatic rings. The number of pyridine rings is 1. The lowest BCUT2D eigenvalue weighted by atomic mass is 10.1. The number of aromatic nitrogens is 1. The molecular formula is C11H9NO. The summed E-state index contributed by atoms with van der Waals surface area (Å²) in [6.45, 7) is 1.94. The number of nitrogens with zero attached hydrogens (tertiary/aromatic N) is 1. The molecule has 0 amide bonds. The van der Waals surface area contributed by atoms with Gasteiger partial charge >= 0.3 is 0 Å². The molecule has 0 spiro atoms. The van der Waals surface area contributed by atoms with Crippen LogP contribution in [0.25, 0.3) is 10.8 Å². The van der Waals surface area contributed by atoms with E-state index >= 15 is 0 Å². The van der Waals surface area contributed by atoms with Crippen LogP contribution in [0.1, 0.15) is 16.1 Å². The fraction of sp³-hybridized carbons (Fsp3) is 0.0909. The number of aldehydes is 1. The fourth-order valence-electron chi connectivity index (χ4n) is 1.41. The number of carbonyl (C=O) groups excluding carboxylic acids is 1. The zero-order chi connectivity index (χ0) is 9.26. The summed E-state index contributed by atoms with van der Waals surface area (Å²) in [5.74, 6) is 0. The van der Waals surface area contributed by atoms with Gasteiger partial charge in [0.1, 0.15) is 0 Å². The van der Waals surface area contributed by atoms with Crippen molar-refractivity contribution in [2.45, 2.75) is 6.92 Å². The first-order valence-electron chi connectivity index (χ1n) is 4.12. The first-order chi connectivity index (χ1) is 6.31. The van der Waals surface area contributed by atoms with Gasteiger partial charge in [-0.1, -0.05) is 18.2 Å². The molecule has 64 valence electrons. The molecule has 0 saturated heterocycles. The standard InChI is InChI=1S/C11H9NO/c1-8-5-9-3-2-4-10(7-13)11(9)6-12-8/h2-7H,1H3. The number of rotatable bonds is 1. The van der Waals surface area contributed by atoms with Gasteiger partial charge in [0.15, 0.2) is 6.29 Å². The molecule has 2 nitrogen and oxygen atoms in total. The Balaban J connectivity index is 2.84. The van der Waals surface area contributed by atoms with Crippen molar-refractivity contribution in [1.82, 2.24) is 4.98 Å². The first kappa shape index (κ1) is 7.92. The SMILES string of the molecule is Cc1cc2cccc(C=O)c2cn1. The number of hydrogen-bond donors (Lipinski definition) is 0. The molecule has 2 aromatic rings. The van der Waals surface area contributed by atoms with Crippen molar-refractivity contribution in [2.75, 3.05) is 0 Å². The van der Waals surface area contributed by atoms with Gasteiger partial charge in [0.2, 0.25) is 0 Å². The Morgan fingerprint density at radius 3 is 3.00 bits per heavy atom. The molecule has 0 radical (unpaired) electrons. The van der Waals surface area contributed by atoms with E-state index in [1.807, 2.05) is 25.1 Å². The molecule has 0 aliphatic carbocycles. The topological polar surface area (TPSA) is 30.0 Å². The smallest absolute Gasteiger partial charge is 0.150 e. The molecule has 0 unspecified atom stereocenters. The summed E-state index contributed by atoms with van der Waals surface area (Å²) >= 11 is 0. The Morgan fingerprint density at radius 1 is 1.38 bits per heavy atom. The zero-order valence-corrected chi connectivity index (χ0v) is 7.32. The zero-order valence-electron chi connectivity index (χ0n) is 7.32. The normalized spacial score (nSPS) is 10.2. The monoisotopic (exact) mass is 171 g/mol. The van der Waals surface area contributed by atoms with Crippen LogP contribution in [0.2, 0.25) is 0 Å². The number of benzene rings is 1. The summed E-state index contributed by atoms with van der Waals surface area (Å²) in [6.07, 6.45) is 2.60. The van der Waals surface area contributed by atoms with Gasteiger partial charge in [-0.25, -0.2) is 0 Å². The van der Waals surface area contributed by atoms with Crippen molar-refractivity contribution < 1.29 is 4.79 Å². The van der Waals surface area contributed by atoms with Gasteiger partial charge in [0, 0.05) is 22.8 Å². The van der Waals surface area contributed by atoms with Crippen molar-refractivity contribution in [1.29, 1.82) is 0 Å². The Kier molecular flexibility index (Phi) is 1.81. The average Bonchev–Trinajstić information content (AvgIpc) is 2.16. The van der Waals surface area contributed by atoms with Gasteiger partial charge in [0.25, 0.3) is 0 Å². The maximum absolute atomic E-state index is 10.7. The number of fused-ring (bicyclic) bond motifs is 1. The Morgan fingerprint density at radius 2 is 2.23 bits per heavy atom. The lowest BCUT2D eigenvalue weighted by Crippen LogP contribution is -1.86. The van der Waals surface area contributed by atoms with Crippen molar-refractivity contribution in [3.05, 3.63) is 41.7 Å². The lowest BCUT2D eigenvalue weighted by Gasteiger charge is -2.00. The van der Waals surface area contributed by atoms with Crippen LogP contribution >= 0.6 is 0 Å². The molecule has 1 aromatic heterocycles. The van der Waals surface area contributed by atoms with E-state index in [0.717, 1.165) is 22.8 Å². The molecule has 0 bridgehead atoms. The predicted octanol–water partition coefficient (Wildman–Crippen LogP) is 2.36. The highest BCUT2D eigenvalue weighted by Gasteiger charge is 1.99. The van der Waals surface area contributed by atoms with Crippen molar-refractivity contribution in [3.63, 3.8) is 0 Å². The summed E-state index contributed by atoms with van der Waals surface area (Å²) in [5, 5.41) is 1.99. The summed E-state index contributed by atoms with van der Waals surface area (Å²) in [5.41, 5.74) is 1.67. The van der Waals surface area contributed by atoms with E-state index in [-0.39, 0.29) is 0 Å². The molecule has 0 saturated carbocycles. The second-order valence-corrected chi connectivity index (χ2v) is 3.01. The average molecular weight is 171 g/mol. The second-order valence-electron chi connectivity index (χ2n) is 3.01. The van der Waals surface area contributed by atoms with Crippen LogP contribution in [0.3, 0.4) is 0 Å². The van der Waals surface area contributed by atoms with Crippen LogP contribution in [0.4, 0.5) is 0 Å². The molecule has 1 aromatic carbocycles. The minimum Gasteiger partial charge on any atom is -0.298 e. The molecule has 0 N–H and O–H groups in total. The molecule has 2 rings (SSSR count). The maximum Gasteiger partial charge on any atom is 0.150 e. The highest BCUT2D eigenvalue weighted by molar-refractivity contribution is 5.97. The Labute approximate surface area is 76.2 Å². The number of hydrogen-bond acceptors (Lipinski definition) is 2. The Hall–Kier alpha value is -1.70. The number of aryl methyl sites for hydroxylation is 1. The van der Waals surface area contributed by atoms with Crippen molar-refractivity contribution in [2.24, 2.45) is 0 Å². The van der Waals surface area contributed by atoms with Gasteiger partial charge in [-0.3, -0.25) is 9.78 Å². The van der Waals surface area contributed by atoms with Gasteiger partial charge in [-0.05, 0) is 18.4 Å². The van der Waals surface area contributed by atoms with Crippen LogP contribution in [-0.2, 0) is 0 Å². The fourth-order valence-corrected chi connectivity index (χ4v) is 1.41. The minimum atomic E-state index is 0.699. The van der Waals surface area contributed by atoms with Gasteiger partial charge in [-0.2, -0.15) is 0 Å². The van der Waals surface area contributed by atoms with E-state index in [9.17, 15) is 4.79 Å². The summed E-state index contributed by atoms with van der Waals surface area (Å²) in [7, 11) is 0. The van der Waals surface area contributed by atoms with Crippen molar-refractivity contribution in [3.8, 4) is 0 Å². The van der Waals surface area contributed by atoms with Crippen LogP contribution in [0.5, 0.6) is 0 Å². The van der Waals surface area contributed by atoms with Crippen molar-refractivity contribution >= 4 is 17.1 Å². The van der Waals surface area contributed by atoms with E-state index in [0.29, 0.717) is 5.56 Å². The molecule has 0 fully saturated rings. The third-order valence-electron chi connectivity index (χ3n) is 2.06. The summed E-state index contributed by atoms with van der Waals surface area (Å²) < 4.78 is 0. The van der Waals surface area contributed by atoms with E-state index in [4.69, 9.17) is 0 Å². The Bertz CT molecular complexity index is 463. The predicted molar refractivity (Wildman–Crippen MR) is 51.9 cm³/mol. The highest BCUT2D eigenvalue weighted by atomic mass is 16.1. The largest absolute Gasteiger partial charge is 0.298 e. The molecule has 2 heteroatoms. The van der Waals surface area contributed by atoms with Gasteiger partial charge < -0.3 is 0 Å². The van der Waals surface area contributed by atoms with Crippen LogP contribution in [-0.4, -0.2) is 11.3 Å². The first-order valence-corrected chi connectivity index (χ1v) is 4.12. The molecule has 0 aliphatic heterocycles. The lowest BCUT2D eigenvalue weighted by molar-refractivity contribution is 0.112. The van der Waals surface area contributed by atoms with E-state index in [2.05, 4.69) is 4.98 Å². The van der Waals surface area contributed by atoms with Gasteiger partial charge in [-0.15, -0.1) is 0 Å². The van der Waals surface area contributed by atoms with Gasteiger partial charge in [0.05, 0.1) is 0 Å². The third-order valence-corrected chi connectivity index (χ3v) is 2.06. The minimum absolute atomic E-state index is 0.699. The number of carbonyl (C=O) groups is 1. The molecule has 13 heavy (non-hydrogen) atoms. The van der Waals surface area contributed by atoms with E-state index < -0.39 is 0 Å². The molecule has 1 heterocycles. The quantitative estimate of drug-likeness (QED) is 0.616.